The summed E-state index contributed by atoms with van der Waals surface area (Å²) in [6, 6.07) is 19.2. The van der Waals surface area contributed by atoms with Crippen LogP contribution in [0.5, 0.6) is 11.5 Å². The van der Waals surface area contributed by atoms with Crippen LogP contribution in [0, 0.1) is 11.8 Å². The zero-order chi connectivity index (χ0) is 26.3. The van der Waals surface area contributed by atoms with Gasteiger partial charge in [0, 0.05) is 24.6 Å². The van der Waals surface area contributed by atoms with E-state index in [2.05, 4.69) is 34.3 Å². The molecule has 3 N–H and O–H groups in total. The Labute approximate surface area is 214 Å². The second-order valence-electron chi connectivity index (χ2n) is 9.00. The van der Waals surface area contributed by atoms with E-state index in [0.29, 0.717) is 37.0 Å². The fraction of sp³-hybridized carbons (Fsp3) is 0.276. The number of carbonyl (C=O) groups excluding carboxylic acids is 1. The summed E-state index contributed by atoms with van der Waals surface area (Å²) in [5.74, 6) is 4.26. The van der Waals surface area contributed by atoms with Crippen LogP contribution in [0.4, 0.5) is 4.39 Å². The summed E-state index contributed by atoms with van der Waals surface area (Å²) in [4.78, 5) is 26.6. The molecule has 1 saturated carbocycles. The van der Waals surface area contributed by atoms with Crippen LogP contribution in [-0.2, 0) is 11.2 Å². The molecule has 190 valence electrons. The highest BCUT2D eigenvalue weighted by molar-refractivity contribution is 5.96. The molecule has 3 aromatic rings. The van der Waals surface area contributed by atoms with Crippen LogP contribution in [0.2, 0.25) is 0 Å². The molecule has 4 rings (SSSR count). The number of halogens is 1. The molecule has 0 atom stereocenters. The van der Waals surface area contributed by atoms with Crippen LogP contribution in [-0.4, -0.2) is 45.4 Å². The van der Waals surface area contributed by atoms with Crippen LogP contribution in [0.15, 0.2) is 66.9 Å². The minimum Gasteiger partial charge on any atom is -0.505 e. The summed E-state index contributed by atoms with van der Waals surface area (Å²) >= 11 is 0. The molecule has 0 aliphatic heterocycles. The average Bonchev–Trinajstić information content (AvgIpc) is 2.90. The van der Waals surface area contributed by atoms with Crippen molar-refractivity contribution in [2.45, 2.75) is 43.9 Å². The third-order valence-corrected chi connectivity index (χ3v) is 6.13. The molecule has 0 radical (unpaired) electrons. The van der Waals surface area contributed by atoms with Gasteiger partial charge in [-0.1, -0.05) is 48.4 Å². The number of carbonyl (C=O) groups is 2. The molecular formula is C29H27FN2O5. The first-order valence-electron chi connectivity index (χ1n) is 12.0. The Balaban J connectivity index is 1.50. The smallest absolute Gasteiger partial charge is 0.322 e. The maximum Gasteiger partial charge on any atom is 0.322 e. The Morgan fingerprint density at radius 3 is 2.41 bits per heavy atom. The monoisotopic (exact) mass is 502 g/mol. The number of amides is 1. The van der Waals surface area contributed by atoms with Crippen LogP contribution in [0.3, 0.4) is 0 Å². The van der Waals surface area contributed by atoms with Crippen molar-refractivity contribution in [3.05, 3.63) is 89.2 Å². The Morgan fingerprint density at radius 1 is 1.08 bits per heavy atom. The van der Waals surface area contributed by atoms with Crippen molar-refractivity contribution in [3.63, 3.8) is 0 Å². The minimum absolute atomic E-state index is 0.300. The highest BCUT2D eigenvalue weighted by Crippen LogP contribution is 2.34. The van der Waals surface area contributed by atoms with Crippen molar-refractivity contribution in [1.82, 2.24) is 10.3 Å². The van der Waals surface area contributed by atoms with Crippen molar-refractivity contribution in [2.75, 3.05) is 6.54 Å². The van der Waals surface area contributed by atoms with Gasteiger partial charge in [0.2, 0.25) is 0 Å². The molecule has 1 amide bonds. The van der Waals surface area contributed by atoms with Gasteiger partial charge in [-0.25, -0.2) is 9.37 Å². The summed E-state index contributed by atoms with van der Waals surface area (Å²) in [5.41, 5.74) is 1.49. The van der Waals surface area contributed by atoms with Crippen LogP contribution < -0.4 is 10.1 Å². The number of benzene rings is 2. The number of nitrogens with one attached hydrogen (secondary N) is 1. The molecule has 0 unspecified atom stereocenters. The molecule has 0 saturated heterocycles. The summed E-state index contributed by atoms with van der Waals surface area (Å²) in [6.45, 7) is -0.593. The van der Waals surface area contributed by atoms with Crippen molar-refractivity contribution in [3.8, 4) is 23.3 Å². The van der Waals surface area contributed by atoms with Gasteiger partial charge in [0.15, 0.2) is 11.3 Å². The highest BCUT2D eigenvalue weighted by atomic mass is 19.1. The summed E-state index contributed by atoms with van der Waals surface area (Å²) < 4.78 is 20.3. The van der Waals surface area contributed by atoms with Gasteiger partial charge in [0.1, 0.15) is 24.2 Å². The maximum atomic E-state index is 14.0. The molecule has 2 aromatic carbocycles. The number of ether oxygens (including phenoxy) is 1. The number of hydrogen-bond acceptors (Lipinski definition) is 5. The lowest BCUT2D eigenvalue weighted by molar-refractivity contribution is -0.135. The van der Waals surface area contributed by atoms with Crippen LogP contribution in [0.1, 0.15) is 52.9 Å². The molecule has 0 spiro atoms. The van der Waals surface area contributed by atoms with Gasteiger partial charge in [-0.15, -0.1) is 0 Å². The number of aliphatic carboxylic acids is 1. The third kappa shape index (κ3) is 7.07. The second kappa shape index (κ2) is 11.6. The number of pyridine rings is 1. The van der Waals surface area contributed by atoms with Gasteiger partial charge in [-0.05, 0) is 54.5 Å². The summed E-state index contributed by atoms with van der Waals surface area (Å²) in [7, 11) is 0. The first-order valence-corrected chi connectivity index (χ1v) is 12.0. The second-order valence-corrected chi connectivity index (χ2v) is 9.00. The molecule has 1 fully saturated rings. The topological polar surface area (TPSA) is 109 Å². The number of carboxylic acid groups (broad SMARTS) is 1. The Bertz CT molecular complexity index is 1310. The van der Waals surface area contributed by atoms with E-state index in [0.717, 1.165) is 12.0 Å². The first kappa shape index (κ1) is 25.7. The van der Waals surface area contributed by atoms with Crippen molar-refractivity contribution >= 4 is 11.9 Å². The maximum absolute atomic E-state index is 14.0. The lowest BCUT2D eigenvalue weighted by atomic mass is 9.84. The van der Waals surface area contributed by atoms with Gasteiger partial charge >= 0.3 is 5.97 Å². The minimum atomic E-state index is -1.21. The van der Waals surface area contributed by atoms with Gasteiger partial charge < -0.3 is 20.3 Å². The van der Waals surface area contributed by atoms with E-state index in [1.807, 2.05) is 42.5 Å². The van der Waals surface area contributed by atoms with Gasteiger partial charge in [-0.2, -0.15) is 0 Å². The molecule has 37 heavy (non-hydrogen) atoms. The number of carboxylic acids is 1. The number of hydrogen-bond donors (Lipinski definition) is 3. The van der Waals surface area contributed by atoms with Gasteiger partial charge in [0.25, 0.3) is 5.91 Å². The van der Waals surface area contributed by atoms with E-state index in [4.69, 9.17) is 9.84 Å². The predicted molar refractivity (Wildman–Crippen MR) is 135 cm³/mol. The highest BCUT2D eigenvalue weighted by Gasteiger charge is 2.36. The fourth-order valence-electron chi connectivity index (χ4n) is 4.16. The fourth-order valence-corrected chi connectivity index (χ4v) is 4.16. The number of nitrogens with zero attached hydrogens (tertiary/aromatic N) is 1. The van der Waals surface area contributed by atoms with Crippen molar-refractivity contribution < 1.29 is 28.9 Å². The van der Waals surface area contributed by atoms with Crippen molar-refractivity contribution in [2.24, 2.45) is 0 Å². The average molecular weight is 503 g/mol. The standard InChI is InChI=1S/C29H27FN2O5/c30-23-11-14-29(15-12-23,37-24-8-6-21(7-9-24)16-20-4-2-1-3-5-20)13-10-22-17-25(33)27(31-18-22)28(36)32-19-26(34)35/h1-9,17-18,23,33H,11-12,14-16,19H2,(H,32,36)(H,34,35). The number of alkyl halides is 1. The van der Waals surface area contributed by atoms with E-state index in [1.54, 1.807) is 0 Å². The Morgan fingerprint density at radius 2 is 1.76 bits per heavy atom. The normalized spacial score (nSPS) is 18.8. The molecule has 7 nitrogen and oxygen atoms in total. The Kier molecular flexibility index (Phi) is 8.04. The Hall–Kier alpha value is -4.38. The lowest BCUT2D eigenvalue weighted by Gasteiger charge is -2.34. The largest absolute Gasteiger partial charge is 0.505 e. The SMILES string of the molecule is O=C(O)CNC(=O)c1ncc(C#CC2(Oc3ccc(Cc4ccccc4)cc3)CCC(F)CC2)cc1O. The molecule has 1 aliphatic carbocycles. The number of rotatable bonds is 7. The van der Waals surface area contributed by atoms with E-state index < -0.39 is 35.9 Å². The molecular weight excluding hydrogens is 475 g/mol. The van der Waals surface area contributed by atoms with Gasteiger partial charge in [0.05, 0.1) is 0 Å². The zero-order valence-corrected chi connectivity index (χ0v) is 20.1. The molecule has 1 aromatic heterocycles. The van der Waals surface area contributed by atoms with E-state index in [-0.39, 0.29) is 5.69 Å². The van der Waals surface area contributed by atoms with Gasteiger partial charge in [-0.3, -0.25) is 9.59 Å². The summed E-state index contributed by atoms with van der Waals surface area (Å²) in [5, 5.41) is 21.0. The quantitative estimate of drug-likeness (QED) is 0.417. The third-order valence-electron chi connectivity index (χ3n) is 6.13. The molecule has 1 aliphatic rings. The van der Waals surface area contributed by atoms with E-state index in [1.165, 1.54) is 17.8 Å². The van der Waals surface area contributed by atoms with E-state index >= 15 is 0 Å². The predicted octanol–water partition coefficient (Wildman–Crippen LogP) is 4.27. The first-order chi connectivity index (χ1) is 17.8. The lowest BCUT2D eigenvalue weighted by Crippen LogP contribution is -2.39. The van der Waals surface area contributed by atoms with Crippen LogP contribution >= 0.6 is 0 Å². The number of aromatic nitrogens is 1. The molecule has 1 heterocycles. The molecule has 0 bridgehead atoms. The molecule has 8 heteroatoms. The number of aromatic hydroxyl groups is 1. The van der Waals surface area contributed by atoms with Crippen LogP contribution in [0.25, 0.3) is 0 Å². The summed E-state index contributed by atoms with van der Waals surface area (Å²) in [6.07, 6.45) is 2.68. The van der Waals surface area contributed by atoms with E-state index in [9.17, 15) is 19.1 Å². The zero-order valence-electron chi connectivity index (χ0n) is 20.1. The van der Waals surface area contributed by atoms with Crippen molar-refractivity contribution in [1.29, 1.82) is 0 Å².